The fraction of sp³-hybridized carbons (Fsp3) is 0.533. The second kappa shape index (κ2) is 6.55. The highest BCUT2D eigenvalue weighted by Gasteiger charge is 2.11. The molecule has 0 aromatic heterocycles. The van der Waals surface area contributed by atoms with Gasteiger partial charge in [-0.3, -0.25) is 4.90 Å². The molecule has 0 atom stereocenters. The zero-order valence-electron chi connectivity index (χ0n) is 10.5. The Labute approximate surface area is 104 Å². The molecule has 0 radical (unpaired) electrons. The van der Waals surface area contributed by atoms with Crippen molar-refractivity contribution in [3.63, 3.8) is 0 Å². The van der Waals surface area contributed by atoms with Crippen molar-refractivity contribution in [1.82, 2.24) is 4.90 Å². The number of rotatable bonds is 4. The maximum absolute atomic E-state index is 7.82. The fourth-order valence-corrected chi connectivity index (χ4v) is 2.44. The van der Waals surface area contributed by atoms with E-state index in [1.54, 1.807) is 0 Å². The molecule has 1 N–H and O–H groups in total. The van der Waals surface area contributed by atoms with Crippen molar-refractivity contribution < 1.29 is 0 Å². The van der Waals surface area contributed by atoms with Gasteiger partial charge in [0, 0.05) is 12.3 Å². The van der Waals surface area contributed by atoms with Gasteiger partial charge in [-0.25, -0.2) is 0 Å². The molecule has 2 heteroatoms. The summed E-state index contributed by atoms with van der Waals surface area (Å²) in [5, 5.41) is 7.82. The van der Waals surface area contributed by atoms with Gasteiger partial charge in [0.05, 0.1) is 0 Å². The van der Waals surface area contributed by atoms with Crippen LogP contribution in [-0.2, 0) is 6.42 Å². The Morgan fingerprint density at radius 1 is 1.12 bits per heavy atom. The highest BCUT2D eigenvalue weighted by molar-refractivity contribution is 5.83. The predicted octanol–water partition coefficient (Wildman–Crippen LogP) is 3.12. The Kier molecular flexibility index (Phi) is 4.75. The van der Waals surface area contributed by atoms with Gasteiger partial charge in [0.15, 0.2) is 0 Å². The van der Waals surface area contributed by atoms with E-state index >= 15 is 0 Å². The minimum atomic E-state index is 0.898. The first-order valence-corrected chi connectivity index (χ1v) is 6.67. The molecule has 0 bridgehead atoms. The Morgan fingerprint density at radius 3 is 2.76 bits per heavy atom. The highest BCUT2D eigenvalue weighted by Crippen LogP contribution is 2.09. The van der Waals surface area contributed by atoms with E-state index in [9.17, 15) is 0 Å². The molecular weight excluding hydrogens is 208 g/mol. The lowest BCUT2D eigenvalue weighted by molar-refractivity contribution is 0.309. The van der Waals surface area contributed by atoms with Crippen molar-refractivity contribution in [2.45, 2.75) is 32.1 Å². The van der Waals surface area contributed by atoms with E-state index in [0.29, 0.717) is 0 Å². The fourth-order valence-electron chi connectivity index (χ4n) is 2.44. The van der Waals surface area contributed by atoms with Crippen LogP contribution in [0.4, 0.5) is 0 Å². The van der Waals surface area contributed by atoms with Gasteiger partial charge in [0.25, 0.3) is 0 Å². The number of nitrogens with zero attached hydrogens (tertiary/aromatic N) is 1. The van der Waals surface area contributed by atoms with E-state index in [1.165, 1.54) is 31.4 Å². The molecular formula is C15H22N2. The van der Waals surface area contributed by atoms with Crippen molar-refractivity contribution in [2.24, 2.45) is 0 Å². The maximum Gasteiger partial charge on any atom is 0.0360 e. The molecule has 92 valence electrons. The van der Waals surface area contributed by atoms with Crippen molar-refractivity contribution in [3.05, 3.63) is 35.9 Å². The van der Waals surface area contributed by atoms with Crippen LogP contribution < -0.4 is 0 Å². The summed E-state index contributed by atoms with van der Waals surface area (Å²) in [4.78, 5) is 2.44. The van der Waals surface area contributed by atoms with Crippen LogP contribution in [0.5, 0.6) is 0 Å². The van der Waals surface area contributed by atoms with Crippen LogP contribution in [-0.4, -0.2) is 30.2 Å². The molecule has 0 spiro atoms. The van der Waals surface area contributed by atoms with E-state index in [-0.39, 0.29) is 0 Å². The zero-order valence-corrected chi connectivity index (χ0v) is 10.5. The molecule has 1 aromatic rings. The molecule has 1 fully saturated rings. The number of nitrogens with one attached hydrogen (secondary N) is 1. The van der Waals surface area contributed by atoms with E-state index in [4.69, 9.17) is 5.41 Å². The Balaban J connectivity index is 1.72. The molecule has 0 aliphatic carbocycles. The number of likely N-dealkylation sites (tertiary alicyclic amines) is 1. The lowest BCUT2D eigenvalue weighted by Gasteiger charge is -2.19. The topological polar surface area (TPSA) is 27.1 Å². The highest BCUT2D eigenvalue weighted by atomic mass is 15.1. The molecule has 2 rings (SSSR count). The third kappa shape index (κ3) is 4.31. The summed E-state index contributed by atoms with van der Waals surface area (Å²) in [6, 6.07) is 10.7. The predicted molar refractivity (Wildman–Crippen MR) is 72.8 cm³/mol. The minimum Gasteiger partial charge on any atom is -0.308 e. The van der Waals surface area contributed by atoms with Crippen molar-refractivity contribution in [2.75, 3.05) is 19.6 Å². The largest absolute Gasteiger partial charge is 0.308 e. The van der Waals surface area contributed by atoms with E-state index in [0.717, 1.165) is 31.6 Å². The third-order valence-electron chi connectivity index (χ3n) is 3.40. The van der Waals surface area contributed by atoms with Crippen LogP contribution in [0.25, 0.3) is 0 Å². The summed E-state index contributed by atoms with van der Waals surface area (Å²) in [7, 11) is 0. The van der Waals surface area contributed by atoms with Crippen LogP contribution in [0.1, 0.15) is 31.2 Å². The second-order valence-electron chi connectivity index (χ2n) is 4.93. The average Bonchev–Trinajstić information content (AvgIpc) is 2.55. The van der Waals surface area contributed by atoms with Gasteiger partial charge in [-0.15, -0.1) is 0 Å². The molecule has 1 aliphatic rings. The summed E-state index contributed by atoms with van der Waals surface area (Å²) < 4.78 is 0. The molecule has 1 heterocycles. The minimum absolute atomic E-state index is 0.898. The van der Waals surface area contributed by atoms with Gasteiger partial charge < -0.3 is 5.41 Å². The van der Waals surface area contributed by atoms with Crippen molar-refractivity contribution >= 4 is 5.71 Å². The summed E-state index contributed by atoms with van der Waals surface area (Å²) in [5.41, 5.74) is 2.35. The lowest BCUT2D eigenvalue weighted by Crippen LogP contribution is -2.29. The molecule has 0 saturated carbocycles. The van der Waals surface area contributed by atoms with E-state index in [2.05, 4.69) is 35.2 Å². The standard InChI is InChI=1S/C15H22N2/c16-15-10-4-5-11-17(13-15)12-6-9-14-7-2-1-3-8-14/h1-3,7-8,16H,4-6,9-13H2. The molecule has 1 aliphatic heterocycles. The molecule has 1 aromatic carbocycles. The summed E-state index contributed by atoms with van der Waals surface area (Å²) in [6.45, 7) is 3.21. The molecule has 2 nitrogen and oxygen atoms in total. The summed E-state index contributed by atoms with van der Waals surface area (Å²) in [5.74, 6) is 0. The van der Waals surface area contributed by atoms with E-state index in [1.807, 2.05) is 0 Å². The Morgan fingerprint density at radius 2 is 1.94 bits per heavy atom. The zero-order chi connectivity index (χ0) is 11.9. The van der Waals surface area contributed by atoms with Crippen molar-refractivity contribution in [1.29, 1.82) is 5.41 Å². The van der Waals surface area contributed by atoms with Crippen LogP contribution in [0.2, 0.25) is 0 Å². The van der Waals surface area contributed by atoms with Gasteiger partial charge in [-0.1, -0.05) is 30.3 Å². The first kappa shape index (κ1) is 12.3. The van der Waals surface area contributed by atoms with E-state index < -0.39 is 0 Å². The SMILES string of the molecule is N=C1CCCCN(CCCc2ccccc2)C1. The van der Waals surface area contributed by atoms with Gasteiger partial charge in [-0.2, -0.15) is 0 Å². The van der Waals surface area contributed by atoms with Gasteiger partial charge in [-0.05, 0) is 50.8 Å². The monoisotopic (exact) mass is 230 g/mol. The number of aryl methyl sites for hydroxylation is 1. The molecule has 17 heavy (non-hydrogen) atoms. The maximum atomic E-state index is 7.82. The van der Waals surface area contributed by atoms with Gasteiger partial charge >= 0.3 is 0 Å². The Hall–Kier alpha value is -1.15. The normalized spacial score (nSPS) is 18.0. The van der Waals surface area contributed by atoms with Gasteiger partial charge in [0.1, 0.15) is 0 Å². The van der Waals surface area contributed by atoms with Crippen LogP contribution in [0, 0.1) is 5.41 Å². The molecule has 0 unspecified atom stereocenters. The summed E-state index contributed by atoms with van der Waals surface area (Å²) in [6.07, 6.45) is 5.83. The second-order valence-corrected chi connectivity index (χ2v) is 4.93. The third-order valence-corrected chi connectivity index (χ3v) is 3.40. The van der Waals surface area contributed by atoms with Crippen LogP contribution in [0.3, 0.4) is 0 Å². The number of hydrogen-bond acceptors (Lipinski definition) is 2. The smallest absolute Gasteiger partial charge is 0.0360 e. The molecule has 0 amide bonds. The first-order valence-electron chi connectivity index (χ1n) is 6.67. The summed E-state index contributed by atoms with van der Waals surface area (Å²) >= 11 is 0. The lowest BCUT2D eigenvalue weighted by atomic mass is 10.1. The number of benzene rings is 1. The van der Waals surface area contributed by atoms with Crippen LogP contribution >= 0.6 is 0 Å². The van der Waals surface area contributed by atoms with Crippen LogP contribution in [0.15, 0.2) is 30.3 Å². The quantitative estimate of drug-likeness (QED) is 0.845. The Bertz CT molecular complexity index is 345. The van der Waals surface area contributed by atoms with Gasteiger partial charge in [0.2, 0.25) is 0 Å². The first-order chi connectivity index (χ1) is 8.34. The average molecular weight is 230 g/mol. The van der Waals surface area contributed by atoms with Crippen molar-refractivity contribution in [3.8, 4) is 0 Å². The number of hydrogen-bond donors (Lipinski definition) is 1. The molecule has 1 saturated heterocycles.